The van der Waals surface area contributed by atoms with Crippen molar-refractivity contribution < 1.29 is 28.6 Å². The molecule has 0 aliphatic heterocycles. The Bertz CT molecular complexity index is 300. The molecule has 0 radical (unpaired) electrons. The number of ether oxygens (including phenoxy) is 3. The minimum absolute atomic E-state index is 0.0773. The van der Waals surface area contributed by atoms with E-state index < -0.39 is 17.9 Å². The third-order valence-corrected chi connectivity index (χ3v) is 2.34. The van der Waals surface area contributed by atoms with Gasteiger partial charge in [0.25, 0.3) is 0 Å². The van der Waals surface area contributed by atoms with E-state index >= 15 is 0 Å². The molecule has 0 fully saturated rings. The van der Waals surface area contributed by atoms with Crippen LogP contribution in [0.4, 0.5) is 0 Å². The molecule has 0 aromatic carbocycles. The van der Waals surface area contributed by atoms with Gasteiger partial charge >= 0.3 is 17.9 Å². The van der Waals surface area contributed by atoms with Crippen LogP contribution in [0.2, 0.25) is 0 Å². The molecule has 0 saturated heterocycles. The van der Waals surface area contributed by atoms with Gasteiger partial charge in [-0.05, 0) is 27.2 Å². The van der Waals surface area contributed by atoms with Gasteiger partial charge < -0.3 is 14.2 Å². The normalized spacial score (nSPS) is 11.5. The zero-order valence-corrected chi connectivity index (χ0v) is 11.8. The molecule has 0 heterocycles. The summed E-state index contributed by atoms with van der Waals surface area (Å²) in [6.07, 6.45) is 0.222. The molecule has 0 aromatic heterocycles. The Morgan fingerprint density at radius 1 is 0.842 bits per heavy atom. The van der Waals surface area contributed by atoms with Crippen molar-refractivity contribution in [1.29, 1.82) is 0 Å². The van der Waals surface area contributed by atoms with E-state index in [2.05, 4.69) is 0 Å². The quantitative estimate of drug-likeness (QED) is 0.468. The molecule has 6 nitrogen and oxygen atoms in total. The van der Waals surface area contributed by atoms with Crippen molar-refractivity contribution in [3.63, 3.8) is 0 Å². The van der Waals surface area contributed by atoms with Crippen molar-refractivity contribution in [2.75, 3.05) is 19.8 Å². The third kappa shape index (κ3) is 8.18. The van der Waals surface area contributed by atoms with Crippen LogP contribution in [0.15, 0.2) is 0 Å². The lowest BCUT2D eigenvalue weighted by Crippen LogP contribution is -2.23. The largest absolute Gasteiger partial charge is 0.466 e. The number of esters is 3. The van der Waals surface area contributed by atoms with Gasteiger partial charge in [0, 0.05) is 6.42 Å². The summed E-state index contributed by atoms with van der Waals surface area (Å²) in [6.45, 7) is 5.87. The lowest BCUT2D eigenvalue weighted by Gasteiger charge is -2.14. The zero-order valence-electron chi connectivity index (χ0n) is 11.8. The van der Waals surface area contributed by atoms with Crippen LogP contribution in [-0.4, -0.2) is 37.7 Å². The predicted molar refractivity (Wildman–Crippen MR) is 67.2 cm³/mol. The molecular formula is C13H22O6. The molecule has 0 bridgehead atoms. The van der Waals surface area contributed by atoms with Gasteiger partial charge in [-0.2, -0.15) is 0 Å². The molecule has 0 aliphatic rings. The molecule has 0 aromatic rings. The van der Waals surface area contributed by atoms with Crippen LogP contribution in [0.5, 0.6) is 0 Å². The summed E-state index contributed by atoms with van der Waals surface area (Å²) < 4.78 is 14.4. The van der Waals surface area contributed by atoms with Crippen LogP contribution in [0.3, 0.4) is 0 Å². The fraction of sp³-hybridized carbons (Fsp3) is 0.769. The predicted octanol–water partition coefficient (Wildman–Crippen LogP) is 1.46. The molecule has 110 valence electrons. The zero-order chi connectivity index (χ0) is 14.7. The van der Waals surface area contributed by atoms with Crippen molar-refractivity contribution in [1.82, 2.24) is 0 Å². The highest BCUT2D eigenvalue weighted by molar-refractivity contribution is 5.80. The van der Waals surface area contributed by atoms with E-state index in [9.17, 15) is 14.4 Å². The van der Waals surface area contributed by atoms with Crippen molar-refractivity contribution >= 4 is 17.9 Å². The second-order valence-electron chi connectivity index (χ2n) is 3.80. The summed E-state index contributed by atoms with van der Waals surface area (Å²) in [5.41, 5.74) is 0. The van der Waals surface area contributed by atoms with Gasteiger partial charge in [0.1, 0.15) is 0 Å². The Hall–Kier alpha value is -1.59. The van der Waals surface area contributed by atoms with E-state index in [-0.39, 0.29) is 38.4 Å². The highest BCUT2D eigenvalue weighted by Gasteiger charge is 2.24. The van der Waals surface area contributed by atoms with Gasteiger partial charge in [0.05, 0.1) is 32.2 Å². The van der Waals surface area contributed by atoms with Crippen molar-refractivity contribution in [3.8, 4) is 0 Å². The van der Waals surface area contributed by atoms with Crippen LogP contribution >= 0.6 is 0 Å². The fourth-order valence-corrected chi connectivity index (χ4v) is 1.51. The van der Waals surface area contributed by atoms with Crippen LogP contribution in [-0.2, 0) is 28.6 Å². The highest BCUT2D eigenvalue weighted by Crippen LogP contribution is 2.15. The second-order valence-corrected chi connectivity index (χ2v) is 3.80. The van der Waals surface area contributed by atoms with Crippen molar-refractivity contribution in [2.24, 2.45) is 5.92 Å². The van der Waals surface area contributed by atoms with Crippen LogP contribution in [0, 0.1) is 5.92 Å². The van der Waals surface area contributed by atoms with Crippen molar-refractivity contribution in [2.45, 2.75) is 40.0 Å². The number of carbonyl (C=O) groups is 3. The van der Waals surface area contributed by atoms with Gasteiger partial charge in [-0.3, -0.25) is 14.4 Å². The number of rotatable bonds is 9. The fourth-order valence-electron chi connectivity index (χ4n) is 1.51. The highest BCUT2D eigenvalue weighted by atomic mass is 16.5. The Morgan fingerprint density at radius 3 is 1.89 bits per heavy atom. The lowest BCUT2D eigenvalue weighted by molar-refractivity contribution is -0.155. The standard InChI is InChI=1S/C13H22O6/c1-4-17-11(14)8-7-10(13(16)19-6-3)9-12(15)18-5-2/h10H,4-9H2,1-3H3. The van der Waals surface area contributed by atoms with Crippen LogP contribution in [0.25, 0.3) is 0 Å². The topological polar surface area (TPSA) is 78.9 Å². The summed E-state index contributed by atoms with van der Waals surface area (Å²) in [4.78, 5) is 34.3. The van der Waals surface area contributed by atoms with Gasteiger partial charge in [0.2, 0.25) is 0 Å². The Balaban J connectivity index is 4.37. The maximum atomic E-state index is 11.7. The molecule has 1 unspecified atom stereocenters. The van der Waals surface area contributed by atoms with Crippen LogP contribution in [0.1, 0.15) is 40.0 Å². The maximum Gasteiger partial charge on any atom is 0.309 e. The summed E-state index contributed by atoms with van der Waals surface area (Å²) in [7, 11) is 0. The minimum Gasteiger partial charge on any atom is -0.466 e. The molecule has 0 saturated carbocycles. The monoisotopic (exact) mass is 274 g/mol. The number of carbonyl (C=O) groups excluding carboxylic acids is 3. The first kappa shape index (κ1) is 17.4. The molecule has 0 N–H and O–H groups in total. The Kier molecular flexibility index (Phi) is 9.48. The third-order valence-electron chi connectivity index (χ3n) is 2.34. The minimum atomic E-state index is -0.664. The second kappa shape index (κ2) is 10.3. The Labute approximate surface area is 113 Å². The summed E-state index contributed by atoms with van der Waals surface area (Å²) in [6, 6.07) is 0. The lowest BCUT2D eigenvalue weighted by atomic mass is 9.99. The molecule has 1 atom stereocenters. The van der Waals surface area contributed by atoms with E-state index in [0.717, 1.165) is 0 Å². The first-order valence-corrected chi connectivity index (χ1v) is 6.52. The van der Waals surface area contributed by atoms with E-state index in [1.54, 1.807) is 20.8 Å². The molecule has 19 heavy (non-hydrogen) atoms. The average molecular weight is 274 g/mol. The summed E-state index contributed by atoms with van der Waals surface area (Å²) >= 11 is 0. The molecular weight excluding hydrogens is 252 g/mol. The first-order valence-electron chi connectivity index (χ1n) is 6.52. The van der Waals surface area contributed by atoms with Gasteiger partial charge in [-0.1, -0.05) is 0 Å². The molecule has 0 aliphatic carbocycles. The molecule has 0 rings (SSSR count). The van der Waals surface area contributed by atoms with E-state index in [0.29, 0.717) is 6.61 Å². The van der Waals surface area contributed by atoms with E-state index in [1.165, 1.54) is 0 Å². The summed E-state index contributed by atoms with van der Waals surface area (Å²) in [5, 5.41) is 0. The Morgan fingerprint density at radius 2 is 1.37 bits per heavy atom. The van der Waals surface area contributed by atoms with E-state index in [1.807, 2.05) is 0 Å². The molecule has 0 amide bonds. The first-order chi connectivity index (χ1) is 9.04. The van der Waals surface area contributed by atoms with Gasteiger partial charge in [-0.25, -0.2) is 0 Å². The number of hydrogen-bond donors (Lipinski definition) is 0. The average Bonchev–Trinajstić information content (AvgIpc) is 2.35. The molecule has 0 spiro atoms. The number of hydrogen-bond acceptors (Lipinski definition) is 6. The van der Waals surface area contributed by atoms with Gasteiger partial charge in [0.15, 0.2) is 0 Å². The molecule has 6 heteroatoms. The SMILES string of the molecule is CCOC(=O)CCC(CC(=O)OCC)C(=O)OCC. The van der Waals surface area contributed by atoms with Gasteiger partial charge in [-0.15, -0.1) is 0 Å². The maximum absolute atomic E-state index is 11.7. The summed E-state index contributed by atoms with van der Waals surface area (Å²) in [5.74, 6) is -2.01. The van der Waals surface area contributed by atoms with E-state index in [4.69, 9.17) is 14.2 Å². The van der Waals surface area contributed by atoms with Crippen LogP contribution < -0.4 is 0 Å². The smallest absolute Gasteiger partial charge is 0.309 e. The van der Waals surface area contributed by atoms with Crippen molar-refractivity contribution in [3.05, 3.63) is 0 Å².